The minimum atomic E-state index is -4.02. The van der Waals surface area contributed by atoms with E-state index < -0.39 is 33.6 Å². The van der Waals surface area contributed by atoms with Gasteiger partial charge in [0.25, 0.3) is 5.91 Å². The summed E-state index contributed by atoms with van der Waals surface area (Å²) in [5.41, 5.74) is 0.208. The maximum Gasteiger partial charge on any atom is 0.253 e. The normalized spacial score (nSPS) is 12.2. The van der Waals surface area contributed by atoms with Crippen molar-refractivity contribution in [2.24, 2.45) is 0 Å². The highest BCUT2D eigenvalue weighted by Gasteiger charge is 2.30. The third-order valence-electron chi connectivity index (χ3n) is 4.21. The third kappa shape index (κ3) is 5.53. The lowest BCUT2D eigenvalue weighted by Crippen LogP contribution is -2.45. The van der Waals surface area contributed by atoms with Gasteiger partial charge in [0, 0.05) is 12.6 Å². The molecule has 0 aliphatic rings. The van der Waals surface area contributed by atoms with Gasteiger partial charge in [-0.25, -0.2) is 17.2 Å². The molecule has 0 spiro atoms. The van der Waals surface area contributed by atoms with Gasteiger partial charge in [-0.3, -0.25) is 13.9 Å². The molecule has 2 aromatic carbocycles. The summed E-state index contributed by atoms with van der Waals surface area (Å²) in [5, 5.41) is 5.24. The van der Waals surface area contributed by atoms with Gasteiger partial charge in [-0.15, -0.1) is 0 Å². The molecule has 10 heteroatoms. The van der Waals surface area contributed by atoms with Gasteiger partial charge in [0.1, 0.15) is 6.04 Å². The molecule has 2 N–H and O–H groups in total. The van der Waals surface area contributed by atoms with Crippen LogP contribution in [0, 0.1) is 11.6 Å². The highest BCUT2D eigenvalue weighted by atomic mass is 32.2. The van der Waals surface area contributed by atoms with Crippen LogP contribution in [0.15, 0.2) is 42.5 Å². The summed E-state index contributed by atoms with van der Waals surface area (Å²) in [6, 6.07) is 7.51. The molecule has 0 aliphatic carbocycles. The van der Waals surface area contributed by atoms with Crippen LogP contribution in [0.25, 0.3) is 0 Å². The third-order valence-corrected chi connectivity index (χ3v) is 5.45. The first-order valence-electron chi connectivity index (χ1n) is 9.18. The van der Waals surface area contributed by atoms with Crippen LogP contribution in [-0.2, 0) is 14.8 Å². The van der Waals surface area contributed by atoms with Crippen molar-refractivity contribution < 1.29 is 26.8 Å². The molecule has 0 aromatic heterocycles. The molecule has 0 fully saturated rings. The molecular formula is C20H23F2N3O4S. The fraction of sp³-hybridized carbons (Fsp3) is 0.300. The van der Waals surface area contributed by atoms with E-state index in [4.69, 9.17) is 0 Å². The zero-order chi connectivity index (χ0) is 22.5. The Balaban J connectivity index is 2.33. The van der Waals surface area contributed by atoms with Crippen molar-refractivity contribution >= 4 is 33.2 Å². The zero-order valence-corrected chi connectivity index (χ0v) is 17.6. The lowest BCUT2D eigenvalue weighted by atomic mass is 10.1. The largest absolute Gasteiger partial charge is 0.352 e. The van der Waals surface area contributed by atoms with Crippen LogP contribution in [0.2, 0.25) is 0 Å². The quantitative estimate of drug-likeness (QED) is 0.661. The Kier molecular flexibility index (Phi) is 7.49. The molecule has 2 amide bonds. The molecular weight excluding hydrogens is 416 g/mol. The summed E-state index contributed by atoms with van der Waals surface area (Å²) >= 11 is 0. The highest BCUT2D eigenvalue weighted by Crippen LogP contribution is 2.24. The number of nitrogens with one attached hydrogen (secondary N) is 2. The number of benzene rings is 2. The van der Waals surface area contributed by atoms with E-state index in [-0.39, 0.29) is 22.8 Å². The second-order valence-electron chi connectivity index (χ2n) is 6.62. The van der Waals surface area contributed by atoms with E-state index in [0.29, 0.717) is 16.9 Å². The Morgan fingerprint density at radius 1 is 1.10 bits per heavy atom. The van der Waals surface area contributed by atoms with E-state index in [1.165, 1.54) is 19.1 Å². The second-order valence-corrected chi connectivity index (χ2v) is 8.48. The molecule has 0 bridgehead atoms. The molecule has 0 saturated heterocycles. The van der Waals surface area contributed by atoms with Gasteiger partial charge in [-0.1, -0.05) is 19.1 Å². The molecule has 0 unspecified atom stereocenters. The Bertz CT molecular complexity index is 1040. The Morgan fingerprint density at radius 2 is 1.77 bits per heavy atom. The van der Waals surface area contributed by atoms with Gasteiger partial charge in [0.05, 0.1) is 23.2 Å². The summed E-state index contributed by atoms with van der Waals surface area (Å²) in [5.74, 6) is -3.52. The summed E-state index contributed by atoms with van der Waals surface area (Å²) < 4.78 is 52.2. The number of nitrogens with zero attached hydrogens (tertiary/aromatic N) is 1. The number of amides is 2. The van der Waals surface area contributed by atoms with Crippen molar-refractivity contribution in [3.05, 3.63) is 59.7 Å². The number of para-hydroxylation sites is 1. The van der Waals surface area contributed by atoms with Gasteiger partial charge in [-0.05, 0) is 37.6 Å². The molecule has 162 valence electrons. The maximum atomic E-state index is 13.6. The number of anilines is 2. The summed E-state index contributed by atoms with van der Waals surface area (Å²) in [6.45, 7) is 3.65. The summed E-state index contributed by atoms with van der Waals surface area (Å²) in [6.07, 6.45) is 1.58. The van der Waals surface area contributed by atoms with Crippen LogP contribution in [0.4, 0.5) is 20.2 Å². The van der Waals surface area contributed by atoms with Crippen molar-refractivity contribution in [1.29, 1.82) is 0 Å². The number of sulfonamides is 1. The van der Waals surface area contributed by atoms with Crippen LogP contribution >= 0.6 is 0 Å². The van der Waals surface area contributed by atoms with Crippen molar-refractivity contribution in [3.8, 4) is 0 Å². The molecule has 1 atom stereocenters. The number of halogens is 2. The van der Waals surface area contributed by atoms with Gasteiger partial charge in [-0.2, -0.15) is 0 Å². The number of hydrogen-bond acceptors (Lipinski definition) is 4. The maximum absolute atomic E-state index is 13.6. The van der Waals surface area contributed by atoms with Crippen LogP contribution in [0.5, 0.6) is 0 Å². The van der Waals surface area contributed by atoms with Crippen LogP contribution in [0.1, 0.15) is 30.6 Å². The predicted molar refractivity (Wildman–Crippen MR) is 111 cm³/mol. The SMILES string of the molecule is CCCNC(=O)c1ccccc1NC(=O)[C@H](C)N(c1ccc(F)c(F)c1)S(C)(=O)=O. The standard InChI is InChI=1S/C20H23F2N3O4S/c1-4-11-23-20(27)15-7-5-6-8-18(15)24-19(26)13(2)25(30(3,28)29)14-9-10-16(21)17(22)12-14/h5-10,12-13H,4,11H2,1-3H3,(H,23,27)(H,24,26)/t13-/m0/s1. The van der Waals surface area contributed by atoms with Crippen molar-refractivity contribution in [2.45, 2.75) is 26.3 Å². The van der Waals surface area contributed by atoms with Crippen LogP contribution in [0.3, 0.4) is 0 Å². The number of carbonyl (C=O) groups excluding carboxylic acids is 2. The molecule has 7 nitrogen and oxygen atoms in total. The number of carbonyl (C=O) groups is 2. The van der Waals surface area contributed by atoms with E-state index in [0.717, 1.165) is 24.8 Å². The molecule has 0 heterocycles. The van der Waals surface area contributed by atoms with E-state index in [1.54, 1.807) is 12.1 Å². The molecule has 30 heavy (non-hydrogen) atoms. The van der Waals surface area contributed by atoms with Gasteiger partial charge >= 0.3 is 0 Å². The average Bonchev–Trinajstić information content (AvgIpc) is 2.68. The van der Waals surface area contributed by atoms with Crippen molar-refractivity contribution in [2.75, 3.05) is 22.4 Å². The summed E-state index contributed by atoms with van der Waals surface area (Å²) in [7, 11) is -4.02. The van der Waals surface area contributed by atoms with E-state index >= 15 is 0 Å². The van der Waals surface area contributed by atoms with E-state index in [9.17, 15) is 26.8 Å². The smallest absolute Gasteiger partial charge is 0.253 e. The molecule has 2 rings (SSSR count). The first-order chi connectivity index (χ1) is 14.1. The number of hydrogen-bond donors (Lipinski definition) is 2. The lowest BCUT2D eigenvalue weighted by Gasteiger charge is -2.28. The molecule has 2 aromatic rings. The second kappa shape index (κ2) is 9.66. The average molecular weight is 439 g/mol. The van der Waals surface area contributed by atoms with Crippen LogP contribution in [-0.4, -0.2) is 39.1 Å². The topological polar surface area (TPSA) is 95.6 Å². The van der Waals surface area contributed by atoms with Gasteiger partial charge in [0.15, 0.2) is 11.6 Å². The molecule has 0 aliphatic heterocycles. The van der Waals surface area contributed by atoms with E-state index in [2.05, 4.69) is 10.6 Å². The Labute approximate surface area is 174 Å². The van der Waals surface area contributed by atoms with E-state index in [1.807, 2.05) is 6.92 Å². The van der Waals surface area contributed by atoms with Gasteiger partial charge < -0.3 is 10.6 Å². The lowest BCUT2D eigenvalue weighted by molar-refractivity contribution is -0.116. The first kappa shape index (κ1) is 23.3. The monoisotopic (exact) mass is 439 g/mol. The highest BCUT2D eigenvalue weighted by molar-refractivity contribution is 7.92. The fourth-order valence-electron chi connectivity index (χ4n) is 2.79. The zero-order valence-electron chi connectivity index (χ0n) is 16.8. The Morgan fingerprint density at radius 3 is 2.37 bits per heavy atom. The van der Waals surface area contributed by atoms with Gasteiger partial charge in [0.2, 0.25) is 15.9 Å². The first-order valence-corrected chi connectivity index (χ1v) is 11.0. The minimum Gasteiger partial charge on any atom is -0.352 e. The van der Waals surface area contributed by atoms with Crippen LogP contribution < -0.4 is 14.9 Å². The van der Waals surface area contributed by atoms with Crippen molar-refractivity contribution in [1.82, 2.24) is 5.32 Å². The van der Waals surface area contributed by atoms with Crippen molar-refractivity contribution in [3.63, 3.8) is 0 Å². The number of rotatable bonds is 8. The predicted octanol–water partition coefficient (Wildman–Crippen LogP) is 2.90. The Hall–Kier alpha value is -3.01. The minimum absolute atomic E-state index is 0.196. The fourth-order valence-corrected chi connectivity index (χ4v) is 3.96. The summed E-state index contributed by atoms with van der Waals surface area (Å²) in [4.78, 5) is 25.1. The molecule has 0 saturated carbocycles. The molecule has 0 radical (unpaired) electrons.